The summed E-state index contributed by atoms with van der Waals surface area (Å²) in [5, 5.41) is 0. The van der Waals surface area contributed by atoms with E-state index in [-0.39, 0.29) is 0 Å². The number of allylic oxidation sites excluding steroid dienone is 4. The van der Waals surface area contributed by atoms with Crippen LogP contribution in [-0.4, -0.2) is 6.29 Å². The predicted octanol–water partition coefficient (Wildman–Crippen LogP) is 2.08. The maximum Gasteiger partial charge on any atom is 0.147 e. The molecule has 2 heteroatoms. The van der Waals surface area contributed by atoms with Crippen LogP contribution in [0, 0.1) is 11.8 Å². The third kappa shape index (κ3) is 0.713. The van der Waals surface area contributed by atoms with Gasteiger partial charge in [-0.1, -0.05) is 12.2 Å². The molecular weight excluding hydrogens is 239 g/mol. The Bertz CT molecular complexity index is 240. The van der Waals surface area contributed by atoms with Crippen molar-refractivity contribution in [1.29, 1.82) is 0 Å². The molecule has 0 saturated heterocycles. The smallest absolute Gasteiger partial charge is 0.147 e. The van der Waals surface area contributed by atoms with Crippen LogP contribution in [0.3, 0.4) is 0 Å². The molecular formula is C8H7IO. The monoisotopic (exact) mass is 246 g/mol. The molecule has 0 aromatic rings. The van der Waals surface area contributed by atoms with E-state index in [4.69, 9.17) is 0 Å². The Morgan fingerprint density at radius 1 is 1.50 bits per heavy atom. The summed E-state index contributed by atoms with van der Waals surface area (Å²) in [4.78, 5) is 10.5. The van der Waals surface area contributed by atoms with Crippen molar-refractivity contribution in [3.63, 3.8) is 0 Å². The lowest BCUT2D eigenvalue weighted by Crippen LogP contribution is -1.95. The molecule has 2 rings (SSSR count). The van der Waals surface area contributed by atoms with E-state index in [0.29, 0.717) is 11.8 Å². The Labute approximate surface area is 73.3 Å². The zero-order valence-corrected chi connectivity index (χ0v) is 7.54. The highest BCUT2D eigenvalue weighted by atomic mass is 127. The van der Waals surface area contributed by atoms with Gasteiger partial charge in [-0.25, -0.2) is 0 Å². The Balaban J connectivity index is 2.41. The molecule has 1 nitrogen and oxygen atoms in total. The van der Waals surface area contributed by atoms with Crippen molar-refractivity contribution >= 4 is 28.9 Å². The number of hydrogen-bond acceptors (Lipinski definition) is 1. The summed E-state index contributed by atoms with van der Waals surface area (Å²) in [5.74, 6) is 1.03. The third-order valence-corrected chi connectivity index (χ3v) is 3.63. The zero-order valence-electron chi connectivity index (χ0n) is 5.38. The fourth-order valence-electron chi connectivity index (χ4n) is 1.65. The number of rotatable bonds is 1. The largest absolute Gasteiger partial charge is 0.298 e. The summed E-state index contributed by atoms with van der Waals surface area (Å²) in [6, 6.07) is 0. The van der Waals surface area contributed by atoms with Gasteiger partial charge in [-0.3, -0.25) is 4.79 Å². The van der Waals surface area contributed by atoms with E-state index in [9.17, 15) is 4.79 Å². The topological polar surface area (TPSA) is 17.1 Å². The van der Waals surface area contributed by atoms with Crippen LogP contribution < -0.4 is 0 Å². The van der Waals surface area contributed by atoms with Crippen LogP contribution >= 0.6 is 22.6 Å². The Kier molecular flexibility index (Phi) is 1.44. The molecule has 52 valence electrons. The second-order valence-electron chi connectivity index (χ2n) is 2.75. The van der Waals surface area contributed by atoms with E-state index in [1.807, 2.05) is 0 Å². The van der Waals surface area contributed by atoms with Gasteiger partial charge in [-0.05, 0) is 29.0 Å². The molecule has 0 aromatic heterocycles. The van der Waals surface area contributed by atoms with Crippen molar-refractivity contribution in [2.24, 2.45) is 11.8 Å². The summed E-state index contributed by atoms with van der Waals surface area (Å²) < 4.78 is 1.26. The molecule has 0 fully saturated rings. The molecule has 0 N–H and O–H groups in total. The molecule has 0 saturated carbocycles. The van der Waals surface area contributed by atoms with Crippen molar-refractivity contribution in [2.45, 2.75) is 6.42 Å². The lowest BCUT2D eigenvalue weighted by atomic mass is 10.1. The maximum atomic E-state index is 10.5. The first-order valence-electron chi connectivity index (χ1n) is 3.36. The Morgan fingerprint density at radius 3 is 2.60 bits per heavy atom. The number of hydrogen-bond donors (Lipinski definition) is 0. The normalized spacial score (nSPS) is 35.7. The molecule has 10 heavy (non-hydrogen) atoms. The lowest BCUT2D eigenvalue weighted by Gasteiger charge is -2.03. The van der Waals surface area contributed by atoms with E-state index >= 15 is 0 Å². The van der Waals surface area contributed by atoms with E-state index < -0.39 is 0 Å². The SMILES string of the molecule is O=CC1=C(I)C2C=CC1C2. The quantitative estimate of drug-likeness (QED) is 0.393. The van der Waals surface area contributed by atoms with Crippen LogP contribution in [-0.2, 0) is 4.79 Å². The summed E-state index contributed by atoms with van der Waals surface area (Å²) in [6.07, 6.45) is 6.51. The first kappa shape index (κ1) is 6.58. The second kappa shape index (κ2) is 2.19. The Hall–Kier alpha value is -0.120. The van der Waals surface area contributed by atoms with Crippen LogP contribution in [0.4, 0.5) is 0 Å². The predicted molar refractivity (Wildman–Crippen MR) is 47.8 cm³/mol. The van der Waals surface area contributed by atoms with Crippen molar-refractivity contribution in [3.8, 4) is 0 Å². The minimum Gasteiger partial charge on any atom is -0.298 e. The van der Waals surface area contributed by atoms with Gasteiger partial charge in [-0.15, -0.1) is 0 Å². The molecule has 0 radical (unpaired) electrons. The van der Waals surface area contributed by atoms with Crippen molar-refractivity contribution in [1.82, 2.24) is 0 Å². The van der Waals surface area contributed by atoms with Crippen molar-refractivity contribution < 1.29 is 4.79 Å². The summed E-state index contributed by atoms with van der Waals surface area (Å²) in [6.45, 7) is 0. The lowest BCUT2D eigenvalue weighted by molar-refractivity contribution is -0.105. The minimum absolute atomic E-state index is 0.453. The van der Waals surface area contributed by atoms with Crippen LogP contribution in [0.25, 0.3) is 0 Å². The molecule has 0 spiro atoms. The molecule has 2 atom stereocenters. The van der Waals surface area contributed by atoms with Gasteiger partial charge in [-0.2, -0.15) is 0 Å². The van der Waals surface area contributed by atoms with Gasteiger partial charge >= 0.3 is 0 Å². The van der Waals surface area contributed by atoms with Crippen LogP contribution in [0.5, 0.6) is 0 Å². The molecule has 2 aliphatic carbocycles. The number of halogens is 1. The van der Waals surface area contributed by atoms with E-state index in [1.165, 1.54) is 3.58 Å². The average molecular weight is 246 g/mol. The first-order chi connectivity index (χ1) is 4.83. The highest BCUT2D eigenvalue weighted by Crippen LogP contribution is 2.45. The van der Waals surface area contributed by atoms with Crippen LogP contribution in [0.2, 0.25) is 0 Å². The third-order valence-electron chi connectivity index (χ3n) is 2.21. The average Bonchev–Trinajstić information content (AvgIpc) is 2.46. The van der Waals surface area contributed by atoms with Gasteiger partial charge < -0.3 is 0 Å². The number of aldehydes is 1. The standard InChI is InChI=1S/C8H7IO/c9-8-6-2-1-5(3-6)7(8)4-10/h1-2,4-6H,3H2. The van der Waals surface area contributed by atoms with Crippen molar-refractivity contribution in [2.75, 3.05) is 0 Å². The molecule has 0 aliphatic heterocycles. The van der Waals surface area contributed by atoms with Gasteiger partial charge in [0.1, 0.15) is 6.29 Å². The fourth-order valence-corrected chi connectivity index (χ4v) is 2.64. The van der Waals surface area contributed by atoms with E-state index in [2.05, 4.69) is 34.7 Å². The number of fused-ring (bicyclic) bond motifs is 2. The zero-order chi connectivity index (χ0) is 7.14. The fraction of sp³-hybridized carbons (Fsp3) is 0.375. The van der Waals surface area contributed by atoms with Gasteiger partial charge in [0.05, 0.1) is 0 Å². The minimum atomic E-state index is 0.453. The van der Waals surface area contributed by atoms with Crippen LogP contribution in [0.15, 0.2) is 21.3 Å². The van der Waals surface area contributed by atoms with Gasteiger partial charge in [0.2, 0.25) is 0 Å². The van der Waals surface area contributed by atoms with Gasteiger partial charge in [0, 0.05) is 21.0 Å². The molecule has 0 amide bonds. The molecule has 0 heterocycles. The Morgan fingerprint density at radius 2 is 2.20 bits per heavy atom. The van der Waals surface area contributed by atoms with Gasteiger partial charge in [0.15, 0.2) is 0 Å². The maximum absolute atomic E-state index is 10.5. The first-order valence-corrected chi connectivity index (χ1v) is 4.44. The molecule has 0 aromatic carbocycles. The van der Waals surface area contributed by atoms with E-state index in [0.717, 1.165) is 18.3 Å². The molecule has 2 bridgehead atoms. The van der Waals surface area contributed by atoms with Crippen LogP contribution in [0.1, 0.15) is 6.42 Å². The van der Waals surface area contributed by atoms with Gasteiger partial charge in [0.25, 0.3) is 0 Å². The van der Waals surface area contributed by atoms with Crippen molar-refractivity contribution in [3.05, 3.63) is 21.3 Å². The highest BCUT2D eigenvalue weighted by molar-refractivity contribution is 14.1. The molecule has 2 unspecified atom stereocenters. The molecule has 2 aliphatic rings. The summed E-state index contributed by atoms with van der Waals surface area (Å²) in [7, 11) is 0. The second-order valence-corrected chi connectivity index (χ2v) is 3.92. The number of carbonyl (C=O) groups is 1. The van der Waals surface area contributed by atoms with E-state index in [1.54, 1.807) is 0 Å². The number of carbonyl (C=O) groups excluding carboxylic acids is 1. The highest BCUT2D eigenvalue weighted by Gasteiger charge is 2.33. The summed E-state index contributed by atoms with van der Waals surface area (Å²) in [5.41, 5.74) is 1.02. The summed E-state index contributed by atoms with van der Waals surface area (Å²) >= 11 is 2.28.